The van der Waals surface area contributed by atoms with E-state index in [2.05, 4.69) is 163 Å². The normalized spacial score (nSPS) is 15.7. The molecule has 1 aliphatic carbocycles. The van der Waals surface area contributed by atoms with Crippen molar-refractivity contribution in [3.05, 3.63) is 245 Å². The monoisotopic (exact) mass is 758 g/mol. The fraction of sp³-hybridized carbons (Fsp3) is 0.0370. The van der Waals surface area contributed by atoms with Crippen LogP contribution in [0.4, 0.5) is 0 Å². The second kappa shape index (κ2) is 14.0. The highest BCUT2D eigenvalue weighted by Crippen LogP contribution is 2.61. The van der Waals surface area contributed by atoms with Gasteiger partial charge in [-0.3, -0.25) is 4.98 Å². The Morgan fingerprint density at radius 2 is 1.14 bits per heavy atom. The predicted molar refractivity (Wildman–Crippen MR) is 239 cm³/mol. The van der Waals surface area contributed by atoms with Crippen molar-refractivity contribution in [2.45, 2.75) is 11.6 Å². The molecule has 1 atom stereocenters. The summed E-state index contributed by atoms with van der Waals surface area (Å²) in [4.78, 5) is 10.0. The molecule has 3 N–H and O–H groups in total. The van der Waals surface area contributed by atoms with Crippen LogP contribution in [-0.4, -0.2) is 17.0 Å². The van der Waals surface area contributed by atoms with Gasteiger partial charge in [-0.15, -0.1) is 0 Å². The molecule has 0 saturated heterocycles. The second-order valence-electron chi connectivity index (χ2n) is 15.2. The highest BCUT2D eigenvalue weighted by atomic mass is 16.5. The van der Waals surface area contributed by atoms with Gasteiger partial charge < -0.3 is 15.8 Å². The van der Waals surface area contributed by atoms with Crippen molar-refractivity contribution in [2.24, 2.45) is 10.7 Å². The first-order chi connectivity index (χ1) is 29.1. The zero-order chi connectivity index (χ0) is 39.3. The molecule has 3 heterocycles. The topological polar surface area (TPSA) is 72.5 Å². The molecule has 280 valence electrons. The Morgan fingerprint density at radius 1 is 0.542 bits per heavy atom. The van der Waals surface area contributed by atoms with Gasteiger partial charge in [0.25, 0.3) is 0 Å². The molecule has 1 spiro atoms. The van der Waals surface area contributed by atoms with Gasteiger partial charge in [0.1, 0.15) is 23.5 Å². The van der Waals surface area contributed by atoms with Gasteiger partial charge >= 0.3 is 0 Å². The number of nitrogens with zero attached hydrogens (tertiary/aromatic N) is 2. The lowest BCUT2D eigenvalue weighted by molar-refractivity contribution is 0.436. The Kier molecular flexibility index (Phi) is 8.19. The molecule has 0 amide bonds. The number of hydrogen-bond donors (Lipinski definition) is 2. The summed E-state index contributed by atoms with van der Waals surface area (Å²) in [5.74, 6) is 2.20. The van der Waals surface area contributed by atoms with Crippen LogP contribution in [0.3, 0.4) is 0 Å². The van der Waals surface area contributed by atoms with Crippen LogP contribution >= 0.6 is 0 Å². The Morgan fingerprint density at radius 3 is 1.86 bits per heavy atom. The van der Waals surface area contributed by atoms with Gasteiger partial charge in [-0.05, 0) is 92.6 Å². The summed E-state index contributed by atoms with van der Waals surface area (Å²) in [5, 5.41) is 3.54. The quantitative estimate of drug-likeness (QED) is 0.131. The molecular weight excluding hydrogens is 721 g/mol. The first-order valence-corrected chi connectivity index (χ1v) is 20.0. The van der Waals surface area contributed by atoms with Gasteiger partial charge in [0, 0.05) is 40.2 Å². The Labute approximate surface area is 343 Å². The van der Waals surface area contributed by atoms with Crippen LogP contribution in [0.1, 0.15) is 38.9 Å². The molecular formula is C54H38N4O. The van der Waals surface area contributed by atoms with E-state index in [0.717, 1.165) is 84.0 Å². The molecule has 7 aromatic carbocycles. The van der Waals surface area contributed by atoms with Crippen LogP contribution in [0.5, 0.6) is 11.5 Å². The molecule has 11 rings (SSSR count). The number of amidine groups is 1. The molecule has 0 radical (unpaired) electrons. The number of pyridine rings is 1. The summed E-state index contributed by atoms with van der Waals surface area (Å²) < 4.78 is 6.54. The standard InChI is InChI=1S/C54H38N4O/c55-52(58-53-44(36-16-5-2-6-17-36)32-42(34-57-53)35-14-3-1-4-15-35)41-21-12-20-39(31-41)37-18-11-19-38(30-37)40-27-28-43-48(33-40)54(47-24-13-29-56-51(43)47)45-22-7-9-25-49(45)59-50-26-10-8-23-46(50)54/h1-34,53,57H,(H2,55,58). The van der Waals surface area contributed by atoms with Crippen LogP contribution in [0.15, 0.2) is 212 Å². The number of benzene rings is 7. The largest absolute Gasteiger partial charge is 0.457 e. The van der Waals surface area contributed by atoms with Gasteiger partial charge in [0.15, 0.2) is 0 Å². The third kappa shape index (κ3) is 5.70. The molecule has 0 bridgehead atoms. The number of allylic oxidation sites excluding steroid dienone is 2. The van der Waals surface area contributed by atoms with Crippen LogP contribution in [0, 0.1) is 0 Å². The van der Waals surface area contributed by atoms with Gasteiger partial charge in [-0.1, -0.05) is 152 Å². The van der Waals surface area contributed by atoms with Crippen LogP contribution in [0.2, 0.25) is 0 Å². The third-order valence-electron chi connectivity index (χ3n) is 11.9. The lowest BCUT2D eigenvalue weighted by atomic mass is 9.66. The van der Waals surface area contributed by atoms with Crippen molar-refractivity contribution in [2.75, 3.05) is 0 Å². The average molecular weight is 759 g/mol. The van der Waals surface area contributed by atoms with Crippen molar-refractivity contribution in [1.29, 1.82) is 0 Å². The molecule has 8 aromatic rings. The highest BCUT2D eigenvalue weighted by Gasteiger charge is 2.51. The Hall–Kier alpha value is -7.76. The number of aromatic nitrogens is 1. The van der Waals surface area contributed by atoms with E-state index in [1.165, 1.54) is 11.1 Å². The number of ether oxygens (including phenoxy) is 1. The first-order valence-electron chi connectivity index (χ1n) is 20.0. The zero-order valence-corrected chi connectivity index (χ0v) is 32.1. The Bertz CT molecular complexity index is 2970. The summed E-state index contributed by atoms with van der Waals surface area (Å²) in [6.07, 6.45) is 5.78. The van der Waals surface area contributed by atoms with E-state index in [1.54, 1.807) is 0 Å². The molecule has 5 heteroatoms. The summed E-state index contributed by atoms with van der Waals surface area (Å²) in [7, 11) is 0. The maximum absolute atomic E-state index is 6.85. The smallest absolute Gasteiger partial charge is 0.147 e. The van der Waals surface area contributed by atoms with Gasteiger partial charge in [0.2, 0.25) is 0 Å². The fourth-order valence-corrected chi connectivity index (χ4v) is 9.16. The third-order valence-corrected chi connectivity index (χ3v) is 11.9. The maximum atomic E-state index is 6.85. The number of dihydropyridines is 1. The van der Waals surface area contributed by atoms with E-state index >= 15 is 0 Å². The minimum atomic E-state index is -0.579. The lowest BCUT2D eigenvalue weighted by Gasteiger charge is -2.39. The minimum absolute atomic E-state index is 0.351. The molecule has 3 aliphatic rings. The number of para-hydroxylation sites is 2. The van der Waals surface area contributed by atoms with E-state index in [-0.39, 0.29) is 6.17 Å². The van der Waals surface area contributed by atoms with Crippen LogP contribution in [0.25, 0.3) is 44.7 Å². The van der Waals surface area contributed by atoms with E-state index in [9.17, 15) is 0 Å². The lowest BCUT2D eigenvalue weighted by Crippen LogP contribution is -2.32. The van der Waals surface area contributed by atoms with Gasteiger partial charge in [-0.25, -0.2) is 4.99 Å². The van der Waals surface area contributed by atoms with E-state index in [4.69, 9.17) is 20.4 Å². The van der Waals surface area contributed by atoms with Crippen molar-refractivity contribution < 1.29 is 4.74 Å². The Balaban J connectivity index is 0.959. The van der Waals surface area contributed by atoms with Crippen LogP contribution in [-0.2, 0) is 5.41 Å². The number of hydrogen-bond acceptors (Lipinski definition) is 4. The second-order valence-corrected chi connectivity index (χ2v) is 15.2. The molecule has 59 heavy (non-hydrogen) atoms. The highest BCUT2D eigenvalue weighted by molar-refractivity contribution is 6.00. The molecule has 0 fully saturated rings. The van der Waals surface area contributed by atoms with Crippen molar-refractivity contribution >= 4 is 17.0 Å². The minimum Gasteiger partial charge on any atom is -0.457 e. The van der Waals surface area contributed by atoms with Crippen molar-refractivity contribution in [3.63, 3.8) is 0 Å². The number of nitrogens with two attached hydrogens (primary N) is 1. The summed E-state index contributed by atoms with van der Waals surface area (Å²) in [6.45, 7) is 0. The number of fused-ring (bicyclic) bond motifs is 9. The average Bonchev–Trinajstić information content (AvgIpc) is 3.59. The molecule has 5 nitrogen and oxygen atoms in total. The van der Waals surface area contributed by atoms with Gasteiger partial charge in [0.05, 0.1) is 11.1 Å². The zero-order valence-electron chi connectivity index (χ0n) is 32.1. The van der Waals surface area contributed by atoms with Gasteiger partial charge in [-0.2, -0.15) is 0 Å². The molecule has 1 unspecified atom stereocenters. The first kappa shape index (κ1) is 34.5. The summed E-state index contributed by atoms with van der Waals surface area (Å²) >= 11 is 0. The number of aliphatic imine (C=N–C) groups is 1. The predicted octanol–water partition coefficient (Wildman–Crippen LogP) is 11.6. The fourth-order valence-electron chi connectivity index (χ4n) is 9.16. The maximum Gasteiger partial charge on any atom is 0.147 e. The van der Waals surface area contributed by atoms with Crippen LogP contribution < -0.4 is 15.8 Å². The van der Waals surface area contributed by atoms with E-state index < -0.39 is 5.41 Å². The van der Waals surface area contributed by atoms with Crippen molar-refractivity contribution in [3.8, 4) is 45.0 Å². The number of rotatable bonds is 6. The van der Waals surface area contributed by atoms with E-state index in [1.807, 2.05) is 48.8 Å². The SMILES string of the molecule is NC(=NC1NC=C(c2ccccc2)C=C1c1ccccc1)c1cccc(-c2cccc(-c3ccc4c(c3)C3(c5ccccc5Oc5ccccc53)c3cccnc3-4)c2)c1. The van der Waals surface area contributed by atoms with Crippen molar-refractivity contribution in [1.82, 2.24) is 10.3 Å². The molecule has 0 saturated carbocycles. The summed E-state index contributed by atoms with van der Waals surface area (Å²) in [5.41, 5.74) is 22.7. The molecule has 1 aromatic heterocycles. The summed E-state index contributed by atoms with van der Waals surface area (Å²) in [6, 6.07) is 65.8. The molecule has 2 aliphatic heterocycles. The van der Waals surface area contributed by atoms with E-state index in [0.29, 0.717) is 5.84 Å². The number of nitrogens with one attached hydrogen (secondary N) is 1.